The fraction of sp³-hybridized carbons (Fsp3) is 0.632. The standard InChI is InChI=1S/C19H28O2/c1-5-16-8-6-7-9-18(16)21-12-17(20)19-14(3)10-13(2)11-15(19)4/h10-11,16,18H,5-9,12H2,1-4H3. The van der Waals surface area contributed by atoms with Gasteiger partial charge in [0.25, 0.3) is 0 Å². The number of carbonyl (C=O) groups is 1. The number of Topliss-reactive ketones (excluding diaryl/α,β-unsaturated/α-hetero) is 1. The fourth-order valence-electron chi connectivity index (χ4n) is 3.73. The summed E-state index contributed by atoms with van der Waals surface area (Å²) in [6.07, 6.45) is 6.33. The van der Waals surface area contributed by atoms with Crippen molar-refractivity contribution in [2.75, 3.05) is 6.61 Å². The van der Waals surface area contributed by atoms with Crippen LogP contribution in [-0.4, -0.2) is 18.5 Å². The maximum absolute atomic E-state index is 12.5. The Hall–Kier alpha value is -1.15. The van der Waals surface area contributed by atoms with E-state index >= 15 is 0 Å². The smallest absolute Gasteiger partial charge is 0.189 e. The summed E-state index contributed by atoms with van der Waals surface area (Å²) in [5.41, 5.74) is 4.19. The molecule has 0 radical (unpaired) electrons. The lowest BCUT2D eigenvalue weighted by molar-refractivity contribution is -0.00574. The lowest BCUT2D eigenvalue weighted by atomic mass is 9.85. The van der Waals surface area contributed by atoms with Crippen molar-refractivity contribution in [1.82, 2.24) is 0 Å². The monoisotopic (exact) mass is 288 g/mol. The minimum atomic E-state index is 0.130. The van der Waals surface area contributed by atoms with Crippen molar-refractivity contribution < 1.29 is 9.53 Å². The Morgan fingerprint density at radius 1 is 1.14 bits per heavy atom. The highest BCUT2D eigenvalue weighted by Crippen LogP contribution is 2.29. The zero-order valence-corrected chi connectivity index (χ0v) is 13.9. The van der Waals surface area contributed by atoms with E-state index in [0.29, 0.717) is 5.92 Å². The van der Waals surface area contributed by atoms with Gasteiger partial charge in [0, 0.05) is 5.56 Å². The van der Waals surface area contributed by atoms with Gasteiger partial charge in [-0.15, -0.1) is 0 Å². The predicted octanol–water partition coefficient (Wildman–Crippen LogP) is 4.78. The average Bonchev–Trinajstić information content (AvgIpc) is 2.44. The van der Waals surface area contributed by atoms with Crippen LogP contribution in [0.3, 0.4) is 0 Å². The van der Waals surface area contributed by atoms with Crippen molar-refractivity contribution in [1.29, 1.82) is 0 Å². The first-order valence-electron chi connectivity index (χ1n) is 8.25. The number of hydrogen-bond acceptors (Lipinski definition) is 2. The van der Waals surface area contributed by atoms with Gasteiger partial charge in [0.2, 0.25) is 0 Å². The Morgan fingerprint density at radius 3 is 2.38 bits per heavy atom. The second-order valence-corrected chi connectivity index (χ2v) is 6.50. The van der Waals surface area contributed by atoms with Crippen molar-refractivity contribution in [3.05, 3.63) is 34.4 Å². The summed E-state index contributed by atoms with van der Waals surface area (Å²) in [5, 5.41) is 0. The third-order valence-electron chi connectivity index (χ3n) is 4.75. The molecule has 0 aromatic heterocycles. The third-order valence-corrected chi connectivity index (χ3v) is 4.75. The van der Waals surface area contributed by atoms with Gasteiger partial charge in [0.05, 0.1) is 6.10 Å². The Bertz CT molecular complexity index is 481. The molecule has 0 heterocycles. The van der Waals surface area contributed by atoms with Crippen molar-refractivity contribution in [2.24, 2.45) is 5.92 Å². The van der Waals surface area contributed by atoms with E-state index in [2.05, 4.69) is 26.0 Å². The molecule has 2 unspecified atom stereocenters. The maximum atomic E-state index is 12.5. The molecular formula is C19H28O2. The third kappa shape index (κ3) is 3.94. The summed E-state index contributed by atoms with van der Waals surface area (Å²) in [6, 6.07) is 4.16. The normalized spacial score (nSPS) is 22.3. The molecule has 0 amide bonds. The van der Waals surface area contributed by atoms with Crippen LogP contribution in [0.5, 0.6) is 0 Å². The highest BCUT2D eigenvalue weighted by atomic mass is 16.5. The highest BCUT2D eigenvalue weighted by Gasteiger charge is 2.25. The maximum Gasteiger partial charge on any atom is 0.189 e. The Kier molecular flexibility index (Phi) is 5.58. The summed E-state index contributed by atoms with van der Waals surface area (Å²) in [4.78, 5) is 12.5. The molecule has 0 saturated heterocycles. The number of carbonyl (C=O) groups excluding carboxylic acids is 1. The van der Waals surface area contributed by atoms with E-state index < -0.39 is 0 Å². The molecule has 2 atom stereocenters. The van der Waals surface area contributed by atoms with Crippen LogP contribution in [0.25, 0.3) is 0 Å². The largest absolute Gasteiger partial charge is 0.370 e. The van der Waals surface area contributed by atoms with E-state index in [0.717, 1.165) is 29.5 Å². The van der Waals surface area contributed by atoms with Gasteiger partial charge in [0.15, 0.2) is 5.78 Å². The molecule has 2 rings (SSSR count). The molecule has 1 aliphatic carbocycles. The van der Waals surface area contributed by atoms with Crippen LogP contribution in [0, 0.1) is 26.7 Å². The number of aryl methyl sites for hydroxylation is 3. The number of ether oxygens (including phenoxy) is 1. The van der Waals surface area contributed by atoms with Gasteiger partial charge in [-0.05, 0) is 50.7 Å². The minimum absolute atomic E-state index is 0.130. The first-order valence-corrected chi connectivity index (χ1v) is 8.25. The lowest BCUT2D eigenvalue weighted by Gasteiger charge is -2.30. The van der Waals surface area contributed by atoms with Crippen molar-refractivity contribution in [3.63, 3.8) is 0 Å². The number of hydrogen-bond donors (Lipinski definition) is 0. The number of ketones is 1. The Labute approximate surface area is 128 Å². The van der Waals surface area contributed by atoms with E-state index in [9.17, 15) is 4.79 Å². The molecule has 0 bridgehead atoms. The lowest BCUT2D eigenvalue weighted by Crippen LogP contribution is -2.29. The summed E-state index contributed by atoms with van der Waals surface area (Å²) in [5.74, 6) is 0.761. The minimum Gasteiger partial charge on any atom is -0.370 e. The van der Waals surface area contributed by atoms with Gasteiger partial charge in [-0.2, -0.15) is 0 Å². The molecule has 2 nitrogen and oxygen atoms in total. The van der Waals surface area contributed by atoms with Gasteiger partial charge in [-0.1, -0.05) is 43.9 Å². The molecule has 21 heavy (non-hydrogen) atoms. The molecular weight excluding hydrogens is 260 g/mol. The van der Waals surface area contributed by atoms with Crippen molar-refractivity contribution >= 4 is 5.78 Å². The van der Waals surface area contributed by atoms with Gasteiger partial charge < -0.3 is 4.74 Å². The number of rotatable bonds is 5. The molecule has 1 saturated carbocycles. The van der Waals surface area contributed by atoms with Crippen LogP contribution in [0.1, 0.15) is 66.1 Å². The molecule has 0 spiro atoms. The number of benzene rings is 1. The molecule has 1 aromatic rings. The zero-order chi connectivity index (χ0) is 15.4. The molecule has 116 valence electrons. The van der Waals surface area contributed by atoms with Gasteiger partial charge >= 0.3 is 0 Å². The zero-order valence-electron chi connectivity index (χ0n) is 13.9. The Morgan fingerprint density at radius 2 is 1.76 bits per heavy atom. The fourth-order valence-corrected chi connectivity index (χ4v) is 3.73. The summed E-state index contributed by atoms with van der Waals surface area (Å²) < 4.78 is 5.99. The molecule has 0 aliphatic heterocycles. The Balaban J connectivity index is 2.02. The molecule has 1 aromatic carbocycles. The average molecular weight is 288 g/mol. The van der Waals surface area contributed by atoms with E-state index in [1.54, 1.807) is 0 Å². The van der Waals surface area contributed by atoms with E-state index in [1.165, 1.54) is 24.8 Å². The van der Waals surface area contributed by atoms with Gasteiger partial charge in [-0.3, -0.25) is 4.79 Å². The van der Waals surface area contributed by atoms with Crippen molar-refractivity contribution in [3.8, 4) is 0 Å². The molecule has 1 fully saturated rings. The summed E-state index contributed by atoms with van der Waals surface area (Å²) in [6.45, 7) is 8.55. The van der Waals surface area contributed by atoms with Gasteiger partial charge in [0.1, 0.15) is 6.61 Å². The van der Waals surface area contributed by atoms with Gasteiger partial charge in [-0.25, -0.2) is 0 Å². The quantitative estimate of drug-likeness (QED) is 0.729. The second kappa shape index (κ2) is 7.22. The highest BCUT2D eigenvalue weighted by molar-refractivity contribution is 5.99. The molecule has 1 aliphatic rings. The second-order valence-electron chi connectivity index (χ2n) is 6.50. The van der Waals surface area contributed by atoms with Crippen LogP contribution < -0.4 is 0 Å². The SMILES string of the molecule is CCC1CCCCC1OCC(=O)c1c(C)cc(C)cc1C. The van der Waals surface area contributed by atoms with Crippen molar-refractivity contribution in [2.45, 2.75) is 65.9 Å². The van der Waals surface area contributed by atoms with E-state index in [4.69, 9.17) is 4.74 Å². The summed E-state index contributed by atoms with van der Waals surface area (Å²) >= 11 is 0. The van der Waals surface area contributed by atoms with Crippen LogP contribution in [0.4, 0.5) is 0 Å². The predicted molar refractivity (Wildman–Crippen MR) is 87.0 cm³/mol. The van der Waals surface area contributed by atoms with Crippen LogP contribution in [0.2, 0.25) is 0 Å². The van der Waals surface area contributed by atoms with Crippen LogP contribution in [0.15, 0.2) is 12.1 Å². The van der Waals surface area contributed by atoms with E-state index in [1.807, 2.05) is 13.8 Å². The first kappa shape index (κ1) is 16.2. The van der Waals surface area contributed by atoms with Crippen LogP contribution in [-0.2, 0) is 4.74 Å². The first-order chi connectivity index (χ1) is 10.0. The summed E-state index contributed by atoms with van der Waals surface area (Å²) in [7, 11) is 0. The topological polar surface area (TPSA) is 26.3 Å². The van der Waals surface area contributed by atoms with Crippen LogP contribution >= 0.6 is 0 Å². The molecule has 2 heteroatoms. The molecule has 0 N–H and O–H groups in total. The van der Waals surface area contributed by atoms with E-state index in [-0.39, 0.29) is 18.5 Å².